The van der Waals surface area contributed by atoms with Crippen LogP contribution in [0.1, 0.15) is 24.0 Å². The Hall–Kier alpha value is -1.86. The van der Waals surface area contributed by atoms with E-state index in [1.165, 1.54) is 11.1 Å². The van der Waals surface area contributed by atoms with Gasteiger partial charge in [-0.2, -0.15) is 0 Å². The number of likely N-dealkylation sites (tertiary alicyclic amines) is 1. The summed E-state index contributed by atoms with van der Waals surface area (Å²) in [4.78, 5) is 7.00. The van der Waals surface area contributed by atoms with E-state index in [1.54, 1.807) is 0 Å². The summed E-state index contributed by atoms with van der Waals surface area (Å²) in [7, 11) is -2.87. The molecular weight excluding hydrogens is 362 g/mol. The Morgan fingerprint density at radius 3 is 3.07 bits per heavy atom. The van der Waals surface area contributed by atoms with Crippen molar-refractivity contribution in [1.82, 2.24) is 10.2 Å². The van der Waals surface area contributed by atoms with E-state index in [-0.39, 0.29) is 17.3 Å². The van der Waals surface area contributed by atoms with Crippen molar-refractivity contribution in [1.29, 1.82) is 0 Å². The zero-order valence-corrected chi connectivity index (χ0v) is 16.4. The first kappa shape index (κ1) is 18.5. The lowest BCUT2D eigenvalue weighted by atomic mass is 9.92. The standard InChI is InChI=1S/C20H27N3O3S/c1-2-9-21-19(22-12-16-7-11-27(24,25)14-16)23-10-8-20(15-23)18-6-4-3-5-17(18)13-26-20/h2-6,16H,1,7-15H2,(H,21,22). The molecule has 0 amide bonds. The van der Waals surface area contributed by atoms with Crippen LogP contribution in [0.4, 0.5) is 0 Å². The molecule has 1 N–H and O–H groups in total. The fourth-order valence-electron chi connectivity index (χ4n) is 4.35. The number of rotatable bonds is 4. The Balaban J connectivity index is 1.49. The molecule has 2 atom stereocenters. The first-order valence-electron chi connectivity index (χ1n) is 9.58. The summed E-state index contributed by atoms with van der Waals surface area (Å²) in [5.41, 5.74) is 2.30. The van der Waals surface area contributed by atoms with Crippen LogP contribution < -0.4 is 5.32 Å². The van der Waals surface area contributed by atoms with Gasteiger partial charge in [-0.05, 0) is 29.9 Å². The molecule has 1 aromatic carbocycles. The molecule has 6 nitrogen and oxygen atoms in total. The smallest absolute Gasteiger partial charge is 0.194 e. The molecule has 0 aromatic heterocycles. The van der Waals surface area contributed by atoms with Gasteiger partial charge in [-0.15, -0.1) is 6.58 Å². The molecule has 1 aromatic rings. The minimum absolute atomic E-state index is 0.121. The van der Waals surface area contributed by atoms with Crippen LogP contribution in [0.2, 0.25) is 0 Å². The Morgan fingerprint density at radius 1 is 1.44 bits per heavy atom. The molecule has 3 aliphatic heterocycles. The SMILES string of the molecule is C=CCNC(=NCC1CCS(=O)(=O)C1)N1CCC2(C1)OCc1ccccc12. The molecule has 7 heteroatoms. The van der Waals surface area contributed by atoms with Gasteiger partial charge in [-0.25, -0.2) is 8.42 Å². The number of nitrogens with one attached hydrogen (secondary N) is 1. The van der Waals surface area contributed by atoms with Gasteiger partial charge in [0.25, 0.3) is 0 Å². The minimum Gasteiger partial charge on any atom is -0.364 e. The summed E-state index contributed by atoms with van der Waals surface area (Å²) < 4.78 is 29.6. The van der Waals surface area contributed by atoms with Gasteiger partial charge >= 0.3 is 0 Å². The fourth-order valence-corrected chi connectivity index (χ4v) is 6.20. The normalized spacial score (nSPS) is 29.3. The topological polar surface area (TPSA) is 71.0 Å². The molecule has 1 spiro atoms. The molecule has 3 aliphatic rings. The van der Waals surface area contributed by atoms with Crippen LogP contribution in [0.25, 0.3) is 0 Å². The maximum absolute atomic E-state index is 11.7. The van der Waals surface area contributed by atoms with E-state index in [0.29, 0.717) is 31.9 Å². The van der Waals surface area contributed by atoms with Crippen LogP contribution >= 0.6 is 0 Å². The van der Waals surface area contributed by atoms with Crippen molar-refractivity contribution < 1.29 is 13.2 Å². The molecule has 0 aliphatic carbocycles. The quantitative estimate of drug-likeness (QED) is 0.482. The van der Waals surface area contributed by atoms with Gasteiger partial charge < -0.3 is 15.0 Å². The Bertz CT molecular complexity index is 852. The first-order valence-corrected chi connectivity index (χ1v) is 11.4. The van der Waals surface area contributed by atoms with E-state index in [1.807, 2.05) is 6.08 Å². The van der Waals surface area contributed by atoms with E-state index >= 15 is 0 Å². The predicted octanol–water partition coefficient (Wildman–Crippen LogP) is 1.68. The number of ether oxygens (including phenoxy) is 1. The maximum atomic E-state index is 11.7. The number of aliphatic imine (C=N–C) groups is 1. The molecule has 0 bridgehead atoms. The zero-order chi connectivity index (χ0) is 18.9. The van der Waals surface area contributed by atoms with Crippen LogP contribution in [0, 0.1) is 5.92 Å². The van der Waals surface area contributed by atoms with E-state index in [0.717, 1.165) is 25.5 Å². The number of nitrogens with zero attached hydrogens (tertiary/aromatic N) is 2. The van der Waals surface area contributed by atoms with Crippen molar-refractivity contribution in [2.75, 3.05) is 37.7 Å². The van der Waals surface area contributed by atoms with Gasteiger partial charge in [0.05, 0.1) is 24.7 Å². The molecule has 2 unspecified atom stereocenters. The third kappa shape index (κ3) is 3.75. The van der Waals surface area contributed by atoms with Crippen molar-refractivity contribution in [3.63, 3.8) is 0 Å². The summed E-state index contributed by atoms with van der Waals surface area (Å²) >= 11 is 0. The molecule has 3 heterocycles. The summed E-state index contributed by atoms with van der Waals surface area (Å²) in [5, 5.41) is 3.34. The average Bonchev–Trinajstić information content (AvgIpc) is 3.34. The summed E-state index contributed by atoms with van der Waals surface area (Å²) in [6.07, 6.45) is 3.44. The fraction of sp³-hybridized carbons (Fsp3) is 0.550. The molecule has 0 saturated carbocycles. The number of hydrogen-bond acceptors (Lipinski definition) is 4. The lowest BCUT2D eigenvalue weighted by molar-refractivity contribution is -0.0262. The minimum atomic E-state index is -2.87. The highest BCUT2D eigenvalue weighted by Gasteiger charge is 2.46. The molecule has 4 rings (SSSR count). The summed E-state index contributed by atoms with van der Waals surface area (Å²) in [6.45, 7) is 7.23. The Labute approximate surface area is 161 Å². The molecule has 27 heavy (non-hydrogen) atoms. The Morgan fingerprint density at radius 2 is 2.30 bits per heavy atom. The van der Waals surface area contributed by atoms with Crippen molar-refractivity contribution in [3.8, 4) is 0 Å². The Kier molecular flexibility index (Phi) is 4.99. The average molecular weight is 390 g/mol. The predicted molar refractivity (Wildman–Crippen MR) is 106 cm³/mol. The zero-order valence-electron chi connectivity index (χ0n) is 15.6. The summed E-state index contributed by atoms with van der Waals surface area (Å²) in [5.74, 6) is 1.49. The maximum Gasteiger partial charge on any atom is 0.194 e. The van der Waals surface area contributed by atoms with Crippen molar-refractivity contribution in [3.05, 3.63) is 48.0 Å². The van der Waals surface area contributed by atoms with E-state index in [2.05, 4.69) is 41.1 Å². The monoisotopic (exact) mass is 389 g/mol. The number of benzene rings is 1. The molecule has 146 valence electrons. The van der Waals surface area contributed by atoms with Crippen LogP contribution in [-0.2, 0) is 26.8 Å². The highest BCUT2D eigenvalue weighted by atomic mass is 32.2. The lowest BCUT2D eigenvalue weighted by Gasteiger charge is -2.26. The first-order chi connectivity index (χ1) is 13.0. The van der Waals surface area contributed by atoms with Gasteiger partial charge in [0.1, 0.15) is 5.60 Å². The van der Waals surface area contributed by atoms with Gasteiger partial charge in [-0.3, -0.25) is 4.99 Å². The van der Waals surface area contributed by atoms with E-state index in [9.17, 15) is 8.42 Å². The number of sulfone groups is 1. The van der Waals surface area contributed by atoms with Gasteiger partial charge in [0.2, 0.25) is 0 Å². The van der Waals surface area contributed by atoms with Crippen LogP contribution in [0.15, 0.2) is 41.9 Å². The highest BCUT2D eigenvalue weighted by molar-refractivity contribution is 7.91. The lowest BCUT2D eigenvalue weighted by Crippen LogP contribution is -2.42. The third-order valence-corrected chi connectivity index (χ3v) is 7.61. The van der Waals surface area contributed by atoms with E-state index < -0.39 is 9.84 Å². The highest BCUT2D eigenvalue weighted by Crippen LogP contribution is 2.43. The third-order valence-electron chi connectivity index (χ3n) is 5.77. The van der Waals surface area contributed by atoms with Gasteiger partial charge in [0, 0.05) is 19.6 Å². The van der Waals surface area contributed by atoms with Gasteiger partial charge in [-0.1, -0.05) is 30.3 Å². The van der Waals surface area contributed by atoms with E-state index in [4.69, 9.17) is 9.73 Å². The van der Waals surface area contributed by atoms with Crippen molar-refractivity contribution in [2.24, 2.45) is 10.9 Å². The van der Waals surface area contributed by atoms with Crippen LogP contribution in [0.3, 0.4) is 0 Å². The second-order valence-corrected chi connectivity index (χ2v) is 9.94. The van der Waals surface area contributed by atoms with Crippen LogP contribution in [0.5, 0.6) is 0 Å². The molecular formula is C20H27N3O3S. The number of fused-ring (bicyclic) bond motifs is 2. The molecule has 2 saturated heterocycles. The molecule has 2 fully saturated rings. The van der Waals surface area contributed by atoms with Gasteiger partial charge in [0.15, 0.2) is 15.8 Å². The second kappa shape index (κ2) is 7.28. The number of hydrogen-bond donors (Lipinski definition) is 1. The van der Waals surface area contributed by atoms with Crippen LogP contribution in [-0.4, -0.2) is 57.0 Å². The van der Waals surface area contributed by atoms with Crippen molar-refractivity contribution in [2.45, 2.75) is 25.0 Å². The number of guanidine groups is 1. The van der Waals surface area contributed by atoms with Crippen molar-refractivity contribution >= 4 is 15.8 Å². The largest absolute Gasteiger partial charge is 0.364 e. The second-order valence-electron chi connectivity index (χ2n) is 7.71. The molecule has 0 radical (unpaired) electrons. The summed E-state index contributed by atoms with van der Waals surface area (Å²) in [6, 6.07) is 8.44.